The lowest BCUT2D eigenvalue weighted by Gasteiger charge is -2.36. The quantitative estimate of drug-likeness (QED) is 0.226. The van der Waals surface area contributed by atoms with E-state index in [1.807, 2.05) is 4.98 Å². The number of esters is 1. The van der Waals surface area contributed by atoms with Crippen molar-refractivity contribution in [2.75, 3.05) is 6.67 Å². The van der Waals surface area contributed by atoms with Crippen molar-refractivity contribution in [1.29, 1.82) is 0 Å². The number of carbonyl (C=O) groups excluding carboxylic acids is 1. The van der Waals surface area contributed by atoms with E-state index in [1.54, 1.807) is 32.0 Å². The van der Waals surface area contributed by atoms with Gasteiger partial charge in [-0.05, 0) is 46.8 Å². The number of aliphatic hydroxyl groups is 2. The minimum absolute atomic E-state index is 0.111. The van der Waals surface area contributed by atoms with Crippen LogP contribution in [-0.2, 0) is 23.4 Å². The number of aliphatic hydroxyl groups excluding tert-OH is 1. The molecule has 1 saturated heterocycles. The normalized spacial score (nSPS) is 25.7. The maximum Gasteiger partial charge on any atom is 0.460 e. The van der Waals surface area contributed by atoms with Crippen molar-refractivity contribution in [3.05, 3.63) is 63.4 Å². The van der Waals surface area contributed by atoms with E-state index in [0.29, 0.717) is 4.57 Å². The van der Waals surface area contributed by atoms with Crippen LogP contribution >= 0.6 is 7.75 Å². The summed E-state index contributed by atoms with van der Waals surface area (Å²) in [6.45, 7) is 5.77. The van der Waals surface area contributed by atoms with E-state index in [-0.39, 0.29) is 5.75 Å². The van der Waals surface area contributed by atoms with E-state index in [4.69, 9.17) is 18.5 Å². The summed E-state index contributed by atoms with van der Waals surface area (Å²) < 4.78 is 51.2. The lowest BCUT2D eigenvalue weighted by atomic mass is 9.88. The van der Waals surface area contributed by atoms with Crippen LogP contribution in [0.3, 0.4) is 0 Å². The van der Waals surface area contributed by atoms with Crippen LogP contribution in [0, 0.1) is 0 Å². The number of nitrogens with zero attached hydrogens (tertiary/aromatic N) is 1. The molecule has 15 heteroatoms. The highest BCUT2D eigenvalue weighted by Gasteiger charge is 2.62. The Morgan fingerprint density at radius 1 is 1.26 bits per heavy atom. The summed E-state index contributed by atoms with van der Waals surface area (Å²) in [6, 6.07) is 7.67. The van der Waals surface area contributed by atoms with Crippen LogP contribution in [0.1, 0.15) is 40.8 Å². The topological polar surface area (TPSA) is 178 Å². The molecule has 4 N–H and O–H groups in total. The average Bonchev–Trinajstić information content (AvgIpc) is 3.10. The van der Waals surface area contributed by atoms with Gasteiger partial charge in [0, 0.05) is 12.3 Å². The number of H-pyrrole nitrogens is 1. The number of para-hydroxylation sites is 1. The Balaban J connectivity index is 1.96. The highest BCUT2D eigenvalue weighted by atomic mass is 31.2. The van der Waals surface area contributed by atoms with Gasteiger partial charge in [0.1, 0.15) is 36.3 Å². The molecule has 0 saturated carbocycles. The van der Waals surface area contributed by atoms with Crippen LogP contribution in [-0.4, -0.2) is 68.0 Å². The highest BCUT2D eigenvalue weighted by Crippen LogP contribution is 2.52. The number of halogens is 1. The molecule has 2 heterocycles. The molecule has 13 nitrogen and oxygen atoms in total. The van der Waals surface area contributed by atoms with E-state index in [0.717, 1.165) is 12.3 Å². The van der Waals surface area contributed by atoms with Crippen molar-refractivity contribution < 1.29 is 42.5 Å². The number of nitrogens with one attached hydrogen (secondary N) is 2. The molecular weight excluding hydrogens is 540 g/mol. The average molecular weight is 574 g/mol. The molecule has 1 aromatic carbocycles. The first-order valence-electron chi connectivity index (χ1n) is 12.1. The number of hydrogen-bond acceptors (Lipinski definition) is 10. The first-order chi connectivity index (χ1) is 18.1. The van der Waals surface area contributed by atoms with Crippen molar-refractivity contribution in [2.45, 2.75) is 76.4 Å². The number of aromatic amines is 1. The smallest absolute Gasteiger partial charge is 0.460 e. The van der Waals surface area contributed by atoms with Gasteiger partial charge in [-0.2, -0.15) is 5.09 Å². The molecule has 0 aliphatic carbocycles. The van der Waals surface area contributed by atoms with Gasteiger partial charge in [0.05, 0.1) is 6.10 Å². The highest BCUT2D eigenvalue weighted by molar-refractivity contribution is 7.52. The lowest BCUT2D eigenvalue weighted by Crippen LogP contribution is -2.54. The fraction of sp³-hybridized carbons (Fsp3) is 0.542. The third-order valence-corrected chi connectivity index (χ3v) is 7.75. The fourth-order valence-electron chi connectivity index (χ4n) is 4.02. The SMILES string of the molecule is CC(C)OC(=O)[C@H](C)N[P@@](=O)(Oc1ccccc1)OC(C)(C)[C@H]1O[C@@H](n2ccc(=O)[nH]c2=O)[C@@](O)(CF)C1O. The van der Waals surface area contributed by atoms with E-state index in [9.17, 15) is 33.6 Å². The summed E-state index contributed by atoms with van der Waals surface area (Å²) in [7, 11) is -4.49. The zero-order chi connectivity index (χ0) is 29.2. The maximum absolute atomic E-state index is 14.2. The minimum atomic E-state index is -4.49. The molecule has 39 heavy (non-hydrogen) atoms. The van der Waals surface area contributed by atoms with Gasteiger partial charge in [-0.1, -0.05) is 18.2 Å². The molecule has 0 spiro atoms. The predicted octanol–water partition coefficient (Wildman–Crippen LogP) is 1.41. The first kappa shape index (κ1) is 30.7. The Morgan fingerprint density at radius 3 is 2.46 bits per heavy atom. The standard InChI is InChI=1S/C24H33FN3O10P/c1-14(2)35-20(31)15(3)27-39(34,37-16-9-7-6-8-10-16)38-23(4,5)19-18(30)24(33,13-25)21(36-19)28-12-11-17(29)26-22(28)32/h6-12,14-15,18-19,21,30,33H,13H2,1-5H3,(H,27,34)(H,26,29,32)/t15-,18?,19-,21+,24+,39+/m0/s1. The molecule has 6 atom stereocenters. The summed E-state index contributed by atoms with van der Waals surface area (Å²) in [5, 5.41) is 24.5. The van der Waals surface area contributed by atoms with Crippen molar-refractivity contribution in [3.8, 4) is 5.75 Å². The molecule has 0 amide bonds. The zero-order valence-electron chi connectivity index (χ0n) is 22.1. The third-order valence-electron chi connectivity index (χ3n) is 5.89. The third kappa shape index (κ3) is 6.83. The van der Waals surface area contributed by atoms with E-state index >= 15 is 0 Å². The maximum atomic E-state index is 14.2. The van der Waals surface area contributed by atoms with E-state index < -0.39 is 73.4 Å². The molecule has 0 bridgehead atoms. The van der Waals surface area contributed by atoms with Crippen LogP contribution in [0.5, 0.6) is 5.75 Å². The molecule has 1 aromatic heterocycles. The van der Waals surface area contributed by atoms with Gasteiger partial charge in [0.25, 0.3) is 5.56 Å². The zero-order valence-corrected chi connectivity index (χ0v) is 23.0. The Hall–Kier alpha value is -2.87. The summed E-state index contributed by atoms with van der Waals surface area (Å²) in [4.78, 5) is 38.2. The van der Waals surface area contributed by atoms with Crippen molar-refractivity contribution in [2.24, 2.45) is 0 Å². The van der Waals surface area contributed by atoms with Crippen molar-refractivity contribution in [3.63, 3.8) is 0 Å². The Morgan fingerprint density at radius 2 is 1.90 bits per heavy atom. The van der Waals surface area contributed by atoms with Gasteiger partial charge in [0.2, 0.25) is 0 Å². The van der Waals surface area contributed by atoms with Crippen LogP contribution < -0.4 is 20.9 Å². The van der Waals surface area contributed by atoms with Crippen molar-refractivity contribution >= 4 is 13.7 Å². The van der Waals surface area contributed by atoms with Gasteiger partial charge in [-0.25, -0.2) is 13.8 Å². The van der Waals surface area contributed by atoms with Gasteiger partial charge >= 0.3 is 19.4 Å². The molecule has 0 radical (unpaired) electrons. The van der Waals surface area contributed by atoms with Gasteiger partial charge < -0.3 is 24.2 Å². The molecular formula is C24H33FN3O10P. The molecule has 216 valence electrons. The molecule has 2 aromatic rings. The first-order valence-corrected chi connectivity index (χ1v) is 13.6. The van der Waals surface area contributed by atoms with Crippen LogP contribution in [0.2, 0.25) is 0 Å². The number of alkyl halides is 1. The van der Waals surface area contributed by atoms with Crippen LogP contribution in [0.25, 0.3) is 0 Å². The molecule has 1 unspecified atom stereocenters. The van der Waals surface area contributed by atoms with Gasteiger partial charge in [-0.15, -0.1) is 0 Å². The van der Waals surface area contributed by atoms with Crippen LogP contribution in [0.15, 0.2) is 52.2 Å². The number of aromatic nitrogens is 2. The Bertz CT molecular complexity index is 1320. The molecule has 1 aliphatic rings. The second-order valence-electron chi connectivity index (χ2n) is 9.93. The van der Waals surface area contributed by atoms with Crippen LogP contribution in [0.4, 0.5) is 4.39 Å². The molecule has 1 fully saturated rings. The van der Waals surface area contributed by atoms with Gasteiger partial charge in [-0.3, -0.25) is 23.7 Å². The van der Waals surface area contributed by atoms with Gasteiger partial charge in [0.15, 0.2) is 11.8 Å². The van der Waals surface area contributed by atoms with E-state index in [2.05, 4.69) is 5.09 Å². The fourth-order valence-corrected chi connectivity index (χ4v) is 5.87. The summed E-state index contributed by atoms with van der Waals surface area (Å²) in [5.41, 5.74) is -6.22. The lowest BCUT2D eigenvalue weighted by molar-refractivity contribution is -0.149. The largest absolute Gasteiger partial charge is 0.462 e. The minimum Gasteiger partial charge on any atom is -0.462 e. The molecule has 1 aliphatic heterocycles. The molecule has 3 rings (SSSR count). The summed E-state index contributed by atoms with van der Waals surface area (Å²) in [6.07, 6.45) is -4.87. The number of ether oxygens (including phenoxy) is 2. The number of hydrogen-bond donors (Lipinski definition) is 4. The predicted molar refractivity (Wildman–Crippen MR) is 136 cm³/mol. The van der Waals surface area contributed by atoms with Crippen molar-refractivity contribution in [1.82, 2.24) is 14.6 Å². The second kappa shape index (κ2) is 11.7. The number of rotatable bonds is 11. The van der Waals surface area contributed by atoms with E-state index in [1.165, 1.54) is 32.9 Å². The number of carbonyl (C=O) groups is 1. The summed E-state index contributed by atoms with van der Waals surface area (Å²) >= 11 is 0. The monoisotopic (exact) mass is 573 g/mol. The second-order valence-corrected chi connectivity index (χ2v) is 11.5. The Kier molecular flexibility index (Phi) is 9.20. The summed E-state index contributed by atoms with van der Waals surface area (Å²) in [5.74, 6) is -0.635. The Labute approximate surface area is 223 Å². The number of benzene rings is 1.